The predicted molar refractivity (Wildman–Crippen MR) is 54.7 cm³/mol. The number of hydrogen-bond donors (Lipinski definition) is 0. The first-order valence-electron chi connectivity index (χ1n) is 5.23. The second kappa shape index (κ2) is 3.79. The summed E-state index contributed by atoms with van der Waals surface area (Å²) in [5.74, 6) is 0.974. The molecule has 0 spiro atoms. The minimum Gasteiger partial charge on any atom is -0.298 e. The minimum absolute atomic E-state index is 0.162. The van der Waals surface area contributed by atoms with Crippen molar-refractivity contribution in [1.82, 2.24) is 4.90 Å². The van der Waals surface area contributed by atoms with Crippen LogP contribution < -0.4 is 0 Å². The van der Waals surface area contributed by atoms with Gasteiger partial charge in [0.1, 0.15) is 5.78 Å². The molecule has 2 nitrogen and oxygen atoms in total. The zero-order valence-electron chi connectivity index (χ0n) is 9.26. The molecule has 0 unspecified atom stereocenters. The maximum Gasteiger partial charge on any atom is 0.149 e. The molecule has 0 aromatic heterocycles. The topological polar surface area (TPSA) is 20.3 Å². The smallest absolute Gasteiger partial charge is 0.149 e. The number of carbonyl (C=O) groups is 1. The van der Waals surface area contributed by atoms with Gasteiger partial charge in [-0.05, 0) is 39.2 Å². The average Bonchev–Trinajstić information content (AvgIpc) is 2.33. The molecular weight excluding hydrogens is 162 g/mol. The molecule has 1 atom stereocenters. The number of nitrogens with zero attached hydrogens (tertiary/aromatic N) is 1. The number of rotatable bonds is 3. The van der Waals surface area contributed by atoms with Crippen LogP contribution in [-0.4, -0.2) is 29.3 Å². The van der Waals surface area contributed by atoms with Gasteiger partial charge in [-0.25, -0.2) is 0 Å². The summed E-state index contributed by atoms with van der Waals surface area (Å²) in [6.07, 6.45) is 2.21. The van der Waals surface area contributed by atoms with Gasteiger partial charge >= 0.3 is 0 Å². The summed E-state index contributed by atoms with van der Waals surface area (Å²) in [5, 5.41) is 0. The van der Waals surface area contributed by atoms with E-state index in [9.17, 15) is 4.79 Å². The molecule has 0 saturated carbocycles. The minimum atomic E-state index is -0.162. The first-order valence-corrected chi connectivity index (χ1v) is 5.23. The van der Waals surface area contributed by atoms with Crippen molar-refractivity contribution in [3.05, 3.63) is 0 Å². The Kier molecular flexibility index (Phi) is 3.12. The van der Waals surface area contributed by atoms with Crippen molar-refractivity contribution >= 4 is 5.78 Å². The maximum atomic E-state index is 11.5. The maximum absolute atomic E-state index is 11.5. The van der Waals surface area contributed by atoms with Crippen molar-refractivity contribution in [2.75, 3.05) is 13.1 Å². The quantitative estimate of drug-likeness (QED) is 0.667. The molecule has 76 valence electrons. The molecular formula is C11H21NO. The second-order valence-electron chi connectivity index (χ2n) is 4.77. The standard InChI is InChI=1S/C11H21NO/c1-9(2)8-12-7-5-6-11(12,4)10(3)13/h9H,5-8H2,1-4H3/t11-/m1/s1. The van der Waals surface area contributed by atoms with Gasteiger partial charge in [-0.15, -0.1) is 0 Å². The van der Waals surface area contributed by atoms with Crippen molar-refractivity contribution in [2.45, 2.75) is 46.1 Å². The first-order chi connectivity index (χ1) is 5.97. The molecule has 1 heterocycles. The monoisotopic (exact) mass is 183 g/mol. The van der Waals surface area contributed by atoms with Gasteiger partial charge in [-0.1, -0.05) is 13.8 Å². The van der Waals surface area contributed by atoms with Crippen molar-refractivity contribution < 1.29 is 4.79 Å². The fraction of sp³-hybridized carbons (Fsp3) is 0.909. The third-order valence-electron chi connectivity index (χ3n) is 3.13. The lowest BCUT2D eigenvalue weighted by molar-refractivity contribution is -0.126. The highest BCUT2D eigenvalue weighted by Gasteiger charge is 2.40. The third-order valence-corrected chi connectivity index (χ3v) is 3.13. The summed E-state index contributed by atoms with van der Waals surface area (Å²) in [7, 11) is 0. The fourth-order valence-corrected chi connectivity index (χ4v) is 2.15. The van der Waals surface area contributed by atoms with Gasteiger partial charge < -0.3 is 0 Å². The number of hydrogen-bond acceptors (Lipinski definition) is 2. The van der Waals surface area contributed by atoms with Crippen LogP contribution in [0.2, 0.25) is 0 Å². The van der Waals surface area contributed by atoms with E-state index < -0.39 is 0 Å². The lowest BCUT2D eigenvalue weighted by atomic mass is 9.93. The van der Waals surface area contributed by atoms with Gasteiger partial charge in [0.2, 0.25) is 0 Å². The molecule has 0 aromatic rings. The van der Waals surface area contributed by atoms with Crippen LogP contribution in [0.1, 0.15) is 40.5 Å². The molecule has 0 aliphatic carbocycles. The molecule has 1 saturated heterocycles. The predicted octanol–water partition coefficient (Wildman–Crippen LogP) is 2.09. The summed E-state index contributed by atoms with van der Waals surface area (Å²) in [4.78, 5) is 13.9. The highest BCUT2D eigenvalue weighted by molar-refractivity contribution is 5.85. The van der Waals surface area contributed by atoms with Crippen LogP contribution in [0.25, 0.3) is 0 Å². The molecule has 1 aliphatic rings. The van der Waals surface area contributed by atoms with E-state index in [1.165, 1.54) is 6.42 Å². The Morgan fingerprint density at radius 2 is 2.15 bits per heavy atom. The SMILES string of the molecule is CC(=O)[C@@]1(C)CCCN1CC(C)C. The zero-order chi connectivity index (χ0) is 10.1. The van der Waals surface area contributed by atoms with Crippen LogP contribution >= 0.6 is 0 Å². The molecule has 0 radical (unpaired) electrons. The lowest BCUT2D eigenvalue weighted by Gasteiger charge is -2.34. The Morgan fingerprint density at radius 1 is 1.54 bits per heavy atom. The Morgan fingerprint density at radius 3 is 2.62 bits per heavy atom. The molecule has 0 N–H and O–H groups in total. The van der Waals surface area contributed by atoms with Crippen LogP contribution in [0.15, 0.2) is 0 Å². The summed E-state index contributed by atoms with van der Waals surface area (Å²) in [6, 6.07) is 0. The van der Waals surface area contributed by atoms with Crippen molar-refractivity contribution in [1.29, 1.82) is 0 Å². The van der Waals surface area contributed by atoms with E-state index in [1.54, 1.807) is 6.92 Å². The number of ketones is 1. The van der Waals surface area contributed by atoms with Gasteiger partial charge in [0, 0.05) is 6.54 Å². The van der Waals surface area contributed by atoms with Gasteiger partial charge in [0.05, 0.1) is 5.54 Å². The van der Waals surface area contributed by atoms with Crippen LogP contribution in [0.4, 0.5) is 0 Å². The van der Waals surface area contributed by atoms with Crippen LogP contribution in [0.5, 0.6) is 0 Å². The van der Waals surface area contributed by atoms with E-state index in [2.05, 4.69) is 25.7 Å². The number of Topliss-reactive ketones (excluding diaryl/α,β-unsaturated/α-hetero) is 1. The van der Waals surface area contributed by atoms with Crippen LogP contribution in [0.3, 0.4) is 0 Å². The molecule has 0 aromatic carbocycles. The Balaban J connectivity index is 2.68. The van der Waals surface area contributed by atoms with Gasteiger partial charge in [0.15, 0.2) is 0 Å². The van der Waals surface area contributed by atoms with Gasteiger partial charge in [-0.2, -0.15) is 0 Å². The molecule has 1 aliphatic heterocycles. The molecule has 1 fully saturated rings. The van der Waals surface area contributed by atoms with E-state index in [0.29, 0.717) is 11.7 Å². The number of likely N-dealkylation sites (tertiary alicyclic amines) is 1. The molecule has 13 heavy (non-hydrogen) atoms. The molecule has 2 heteroatoms. The van der Waals surface area contributed by atoms with Gasteiger partial charge in [-0.3, -0.25) is 9.69 Å². The summed E-state index contributed by atoms with van der Waals surface area (Å²) < 4.78 is 0. The van der Waals surface area contributed by atoms with Gasteiger partial charge in [0.25, 0.3) is 0 Å². The number of carbonyl (C=O) groups excluding carboxylic acids is 1. The highest BCUT2D eigenvalue weighted by atomic mass is 16.1. The zero-order valence-corrected chi connectivity index (χ0v) is 9.26. The molecule has 1 rings (SSSR count). The van der Waals surface area contributed by atoms with E-state index in [-0.39, 0.29) is 5.54 Å². The lowest BCUT2D eigenvalue weighted by Crippen LogP contribution is -2.48. The summed E-state index contributed by atoms with van der Waals surface area (Å²) in [6.45, 7) is 10.4. The first kappa shape index (κ1) is 10.7. The summed E-state index contributed by atoms with van der Waals surface area (Å²) in [5.41, 5.74) is -0.162. The van der Waals surface area contributed by atoms with E-state index in [0.717, 1.165) is 19.5 Å². The molecule has 0 bridgehead atoms. The van der Waals surface area contributed by atoms with Crippen molar-refractivity contribution in [3.8, 4) is 0 Å². The van der Waals surface area contributed by atoms with E-state index >= 15 is 0 Å². The molecule has 0 amide bonds. The largest absolute Gasteiger partial charge is 0.298 e. The Bertz CT molecular complexity index is 200. The van der Waals surface area contributed by atoms with Crippen molar-refractivity contribution in [2.24, 2.45) is 5.92 Å². The summed E-state index contributed by atoms with van der Waals surface area (Å²) >= 11 is 0. The second-order valence-corrected chi connectivity index (χ2v) is 4.77. The van der Waals surface area contributed by atoms with Crippen molar-refractivity contribution in [3.63, 3.8) is 0 Å². The van der Waals surface area contributed by atoms with Crippen LogP contribution in [-0.2, 0) is 4.79 Å². The van der Waals surface area contributed by atoms with E-state index in [4.69, 9.17) is 0 Å². The van der Waals surface area contributed by atoms with E-state index in [1.807, 2.05) is 0 Å². The Labute approximate surface area is 81.3 Å². The Hall–Kier alpha value is -0.370. The van der Waals surface area contributed by atoms with Crippen LogP contribution in [0, 0.1) is 5.92 Å². The third kappa shape index (κ3) is 2.11. The highest BCUT2D eigenvalue weighted by Crippen LogP contribution is 2.30. The normalized spacial score (nSPS) is 29.9. The average molecular weight is 183 g/mol. The fourth-order valence-electron chi connectivity index (χ4n) is 2.15.